The number of amides is 1. The highest BCUT2D eigenvalue weighted by Gasteiger charge is 2.41. The molecule has 1 aliphatic heterocycles. The number of rotatable bonds is 8. The van der Waals surface area contributed by atoms with Gasteiger partial charge in [-0.25, -0.2) is 0 Å². The second-order valence-electron chi connectivity index (χ2n) is 9.85. The van der Waals surface area contributed by atoms with Gasteiger partial charge < -0.3 is 24.8 Å². The molecule has 7 nitrogen and oxygen atoms in total. The van der Waals surface area contributed by atoms with E-state index in [9.17, 15) is 4.79 Å². The number of thiocarbonyl (C=S) groups is 1. The van der Waals surface area contributed by atoms with Gasteiger partial charge in [0, 0.05) is 48.0 Å². The average molecular weight is 540 g/mol. The summed E-state index contributed by atoms with van der Waals surface area (Å²) in [5.74, 6) is 0.751. The molecule has 0 spiro atoms. The van der Waals surface area contributed by atoms with Gasteiger partial charge in [0.2, 0.25) is 5.91 Å². The largest absolute Gasteiger partial charge is 0.497 e. The van der Waals surface area contributed by atoms with E-state index in [2.05, 4.69) is 51.1 Å². The molecule has 4 aromatic rings. The van der Waals surface area contributed by atoms with Crippen LogP contribution in [0.5, 0.6) is 5.75 Å². The van der Waals surface area contributed by atoms with E-state index in [0.717, 1.165) is 45.3 Å². The van der Waals surface area contributed by atoms with Crippen molar-refractivity contribution >= 4 is 28.9 Å². The van der Waals surface area contributed by atoms with Gasteiger partial charge in [-0.1, -0.05) is 29.8 Å². The second kappa shape index (κ2) is 11.3. The number of methoxy groups -OCH3 is 1. The Morgan fingerprint density at radius 2 is 1.85 bits per heavy atom. The van der Waals surface area contributed by atoms with Crippen molar-refractivity contribution in [2.45, 2.75) is 39.3 Å². The van der Waals surface area contributed by atoms with Crippen molar-refractivity contribution in [1.82, 2.24) is 19.8 Å². The molecule has 2 atom stereocenters. The zero-order valence-corrected chi connectivity index (χ0v) is 23.5. The molecule has 2 N–H and O–H groups in total. The maximum atomic E-state index is 12.9. The number of hydrogen-bond acceptors (Lipinski definition) is 4. The first-order valence-corrected chi connectivity index (χ1v) is 13.4. The van der Waals surface area contributed by atoms with Crippen molar-refractivity contribution in [2.24, 2.45) is 0 Å². The van der Waals surface area contributed by atoms with Crippen molar-refractivity contribution in [1.29, 1.82) is 0 Å². The molecule has 0 bridgehead atoms. The molecule has 5 rings (SSSR count). The Labute approximate surface area is 234 Å². The number of nitrogens with one attached hydrogen (secondary N) is 2. The average Bonchev–Trinajstić information content (AvgIpc) is 3.43. The summed E-state index contributed by atoms with van der Waals surface area (Å²) in [4.78, 5) is 19.7. The number of nitrogens with zero attached hydrogens (tertiary/aromatic N) is 3. The minimum atomic E-state index is -0.155. The van der Waals surface area contributed by atoms with Crippen LogP contribution in [-0.2, 0) is 4.79 Å². The molecule has 8 heteroatoms. The van der Waals surface area contributed by atoms with Crippen molar-refractivity contribution < 1.29 is 9.53 Å². The summed E-state index contributed by atoms with van der Waals surface area (Å²) in [6.45, 7) is 6.73. The Bertz CT molecular complexity index is 1480. The van der Waals surface area contributed by atoms with Crippen molar-refractivity contribution in [3.8, 4) is 11.4 Å². The van der Waals surface area contributed by atoms with Crippen LogP contribution in [0.2, 0.25) is 0 Å². The maximum absolute atomic E-state index is 12.9. The molecule has 39 heavy (non-hydrogen) atoms. The van der Waals surface area contributed by atoms with E-state index in [1.54, 1.807) is 13.3 Å². The van der Waals surface area contributed by atoms with E-state index < -0.39 is 0 Å². The van der Waals surface area contributed by atoms with Crippen molar-refractivity contribution in [3.63, 3.8) is 0 Å². The number of carbonyl (C=O) groups is 1. The minimum absolute atomic E-state index is 0.0523. The van der Waals surface area contributed by atoms with E-state index in [-0.39, 0.29) is 18.0 Å². The molecule has 0 saturated carbocycles. The molecular weight excluding hydrogens is 506 g/mol. The third kappa shape index (κ3) is 5.52. The number of hydrogen-bond donors (Lipinski definition) is 2. The van der Waals surface area contributed by atoms with Gasteiger partial charge in [-0.3, -0.25) is 9.78 Å². The van der Waals surface area contributed by atoms with Gasteiger partial charge in [0.25, 0.3) is 0 Å². The highest BCUT2D eigenvalue weighted by Crippen LogP contribution is 2.41. The van der Waals surface area contributed by atoms with Gasteiger partial charge in [0.1, 0.15) is 5.75 Å². The summed E-state index contributed by atoms with van der Waals surface area (Å²) >= 11 is 5.83. The van der Waals surface area contributed by atoms with Crippen molar-refractivity contribution in [3.05, 3.63) is 107 Å². The molecule has 3 heterocycles. The first kappa shape index (κ1) is 26.4. The summed E-state index contributed by atoms with van der Waals surface area (Å²) in [5.41, 5.74) is 7.22. The van der Waals surface area contributed by atoms with Gasteiger partial charge in [0.05, 0.1) is 24.9 Å². The number of aryl methyl sites for hydroxylation is 2. The molecule has 0 aliphatic carbocycles. The van der Waals surface area contributed by atoms with Crippen molar-refractivity contribution in [2.75, 3.05) is 19.0 Å². The molecule has 200 valence electrons. The maximum Gasteiger partial charge on any atom is 0.226 e. The molecule has 0 radical (unpaired) electrons. The van der Waals surface area contributed by atoms with Gasteiger partial charge in [0.15, 0.2) is 5.11 Å². The normalized spacial score (nSPS) is 16.7. The van der Waals surface area contributed by atoms with Gasteiger partial charge in [-0.2, -0.15) is 0 Å². The summed E-state index contributed by atoms with van der Waals surface area (Å²) in [7, 11) is 1.68. The highest BCUT2D eigenvalue weighted by atomic mass is 32.1. The van der Waals surface area contributed by atoms with Gasteiger partial charge in [-0.15, -0.1) is 0 Å². The van der Waals surface area contributed by atoms with E-state index in [0.29, 0.717) is 18.1 Å². The Morgan fingerprint density at radius 1 is 1.05 bits per heavy atom. The van der Waals surface area contributed by atoms with Crippen LogP contribution < -0.4 is 15.4 Å². The third-order valence-corrected chi connectivity index (χ3v) is 7.57. The Morgan fingerprint density at radius 3 is 2.56 bits per heavy atom. The lowest BCUT2D eigenvalue weighted by atomic mass is 9.96. The number of benzene rings is 2. The quantitative estimate of drug-likeness (QED) is 0.276. The number of aromatic nitrogens is 2. The monoisotopic (exact) mass is 539 g/mol. The number of anilines is 1. The van der Waals surface area contributed by atoms with Crippen LogP contribution in [0.4, 0.5) is 5.69 Å². The molecular formula is C31H33N5O2S. The fourth-order valence-corrected chi connectivity index (χ4v) is 5.63. The van der Waals surface area contributed by atoms with Crippen LogP contribution in [0.3, 0.4) is 0 Å². The summed E-state index contributed by atoms with van der Waals surface area (Å²) in [6, 6.07) is 23.7. The molecule has 1 amide bonds. The molecule has 1 aliphatic rings. The molecule has 1 fully saturated rings. The smallest absolute Gasteiger partial charge is 0.226 e. The third-order valence-electron chi connectivity index (χ3n) is 7.21. The predicted molar refractivity (Wildman–Crippen MR) is 158 cm³/mol. The lowest BCUT2D eigenvalue weighted by molar-refractivity contribution is -0.116. The highest BCUT2D eigenvalue weighted by molar-refractivity contribution is 7.80. The predicted octanol–water partition coefficient (Wildman–Crippen LogP) is 5.81. The van der Waals surface area contributed by atoms with Crippen LogP contribution in [0, 0.1) is 20.8 Å². The molecule has 2 aromatic heterocycles. The fourth-order valence-electron chi connectivity index (χ4n) is 5.30. The van der Waals surface area contributed by atoms with Crippen LogP contribution in [0.1, 0.15) is 46.7 Å². The summed E-state index contributed by atoms with van der Waals surface area (Å²) in [6.07, 6.45) is 2.10. The molecule has 0 unspecified atom stereocenters. The molecule has 1 saturated heterocycles. The lowest BCUT2D eigenvalue weighted by Crippen LogP contribution is -2.32. The second-order valence-corrected chi connectivity index (χ2v) is 10.2. The van der Waals surface area contributed by atoms with E-state index >= 15 is 0 Å². The Balaban J connectivity index is 1.47. The Kier molecular flexibility index (Phi) is 7.65. The van der Waals surface area contributed by atoms with E-state index in [1.807, 2.05) is 67.6 Å². The van der Waals surface area contributed by atoms with Crippen LogP contribution in [0.25, 0.3) is 5.69 Å². The van der Waals surface area contributed by atoms with Crippen LogP contribution in [0.15, 0.2) is 79.0 Å². The van der Waals surface area contributed by atoms with Gasteiger partial charge >= 0.3 is 0 Å². The molecule has 2 aromatic carbocycles. The zero-order chi connectivity index (χ0) is 27.5. The zero-order valence-electron chi connectivity index (χ0n) is 22.6. The van der Waals surface area contributed by atoms with E-state index in [4.69, 9.17) is 17.0 Å². The minimum Gasteiger partial charge on any atom is -0.497 e. The standard InChI is InChI=1S/C31H33N5O2S/c1-20-11-13-23(14-12-20)33-28(37)15-17-35-30(29(34-31(35)39)27-10-5-6-16-32-27)26-18-21(2)36(22(26)3)24-8-7-9-25(19-24)38-4/h5-14,16,18-19,29-30H,15,17H2,1-4H3,(H,33,37)(H,34,39)/t29-,30-/m0/s1. The SMILES string of the molecule is COc1cccc(-n2c(C)cc([C@H]3[C@H](c4ccccn4)NC(=S)N3CCC(=O)Nc3ccc(C)cc3)c2C)c1. The Hall–Kier alpha value is -4.17. The van der Waals surface area contributed by atoms with Crippen LogP contribution >= 0.6 is 12.2 Å². The van der Waals surface area contributed by atoms with E-state index in [1.165, 1.54) is 0 Å². The number of ether oxygens (including phenoxy) is 1. The summed E-state index contributed by atoms with van der Waals surface area (Å²) < 4.78 is 7.71. The first-order valence-electron chi connectivity index (χ1n) is 13.0. The summed E-state index contributed by atoms with van der Waals surface area (Å²) in [5, 5.41) is 7.12. The van der Waals surface area contributed by atoms with Gasteiger partial charge in [-0.05, 0) is 81.0 Å². The topological polar surface area (TPSA) is 71.4 Å². The number of pyridine rings is 1. The first-order chi connectivity index (χ1) is 18.9. The lowest BCUT2D eigenvalue weighted by Gasteiger charge is -2.28. The fraction of sp³-hybridized carbons (Fsp3) is 0.258. The number of carbonyl (C=O) groups excluding carboxylic acids is 1. The van der Waals surface area contributed by atoms with Crippen LogP contribution in [-0.4, -0.2) is 39.1 Å².